The molecule has 2 aromatic rings. The van der Waals surface area contributed by atoms with Crippen LogP contribution in [-0.2, 0) is 9.53 Å². The van der Waals surface area contributed by atoms with Gasteiger partial charge in [-0.2, -0.15) is 8.78 Å². The summed E-state index contributed by atoms with van der Waals surface area (Å²) in [5, 5.41) is -3.70. The maximum Gasteiger partial charge on any atom is 0.461 e. The molecule has 7 heteroatoms. The Balaban J connectivity index is 1.90. The van der Waals surface area contributed by atoms with Crippen molar-refractivity contribution < 1.29 is 27.8 Å². The van der Waals surface area contributed by atoms with E-state index in [-0.39, 0.29) is 0 Å². The third-order valence-corrected chi connectivity index (χ3v) is 2.89. The molecule has 0 bridgehead atoms. The number of aryl methyl sites for hydroxylation is 1. The van der Waals surface area contributed by atoms with Gasteiger partial charge in [0, 0.05) is 15.9 Å². The van der Waals surface area contributed by atoms with Gasteiger partial charge < -0.3 is 14.2 Å². The first-order chi connectivity index (χ1) is 10.8. The van der Waals surface area contributed by atoms with Gasteiger partial charge in [0.2, 0.25) is 0 Å². The van der Waals surface area contributed by atoms with Crippen LogP contribution in [0.25, 0.3) is 0 Å². The van der Waals surface area contributed by atoms with E-state index < -0.39 is 17.6 Å². The summed E-state index contributed by atoms with van der Waals surface area (Å²) in [5.41, 5.74) is 0.992. The van der Waals surface area contributed by atoms with E-state index in [2.05, 4.69) is 4.74 Å². The van der Waals surface area contributed by atoms with E-state index in [1.54, 1.807) is 24.3 Å². The summed E-state index contributed by atoms with van der Waals surface area (Å²) in [6.45, 7) is 1.30. The third-order valence-electron chi connectivity index (χ3n) is 2.73. The molecule has 122 valence electrons. The van der Waals surface area contributed by atoms with Crippen molar-refractivity contribution in [3.63, 3.8) is 0 Å². The lowest BCUT2D eigenvalue weighted by Gasteiger charge is -2.11. The van der Waals surface area contributed by atoms with Crippen LogP contribution in [0.5, 0.6) is 17.2 Å². The second kappa shape index (κ2) is 7.41. The van der Waals surface area contributed by atoms with Crippen LogP contribution in [0.2, 0.25) is 0 Å². The van der Waals surface area contributed by atoms with E-state index in [0.29, 0.717) is 11.5 Å². The zero-order chi connectivity index (χ0) is 16.9. The van der Waals surface area contributed by atoms with Crippen molar-refractivity contribution in [1.82, 2.24) is 0 Å². The maximum atomic E-state index is 12.4. The molecule has 0 atom stereocenters. The summed E-state index contributed by atoms with van der Waals surface area (Å²) in [6.07, 6.45) is 0. The summed E-state index contributed by atoms with van der Waals surface area (Å²) in [4.78, 5) is 11.1. The number of alkyl halides is 3. The van der Waals surface area contributed by atoms with Gasteiger partial charge in [-0.05, 0) is 42.8 Å². The van der Waals surface area contributed by atoms with E-state index in [9.17, 15) is 13.6 Å². The van der Waals surface area contributed by atoms with Crippen LogP contribution < -0.4 is 9.47 Å². The Morgan fingerprint density at radius 2 is 1.70 bits per heavy atom. The van der Waals surface area contributed by atoms with Crippen LogP contribution in [0.4, 0.5) is 8.78 Å². The fourth-order valence-electron chi connectivity index (χ4n) is 1.70. The van der Waals surface area contributed by atoms with Crippen molar-refractivity contribution in [3.8, 4) is 17.2 Å². The zero-order valence-corrected chi connectivity index (χ0v) is 13.7. The Bertz CT molecular complexity index is 669. The number of carbonyl (C=O) groups excluding carboxylic acids is 1. The largest absolute Gasteiger partial charge is 0.482 e. The van der Waals surface area contributed by atoms with Gasteiger partial charge in [0.05, 0.1) is 0 Å². The van der Waals surface area contributed by atoms with Gasteiger partial charge in [-0.1, -0.05) is 18.2 Å². The first kappa shape index (κ1) is 17.2. The molecular formula is C16H13BrF2O4. The van der Waals surface area contributed by atoms with Crippen molar-refractivity contribution in [1.29, 1.82) is 0 Å². The van der Waals surface area contributed by atoms with Crippen molar-refractivity contribution in [2.45, 2.75) is 11.9 Å². The van der Waals surface area contributed by atoms with Gasteiger partial charge in [0.15, 0.2) is 6.61 Å². The van der Waals surface area contributed by atoms with Crippen molar-refractivity contribution in [3.05, 3.63) is 54.1 Å². The standard InChI is InChI=1S/C16H13BrF2O4/c1-11-4-2-3-5-14(11)22-13-8-6-12(7-9-13)21-10-15(20)23-16(17,18)19/h2-9H,10H2,1H3. The fourth-order valence-corrected chi connectivity index (χ4v) is 1.88. The molecule has 0 saturated heterocycles. The average Bonchev–Trinajstić information content (AvgIpc) is 2.47. The van der Waals surface area contributed by atoms with Crippen molar-refractivity contribution in [2.24, 2.45) is 0 Å². The molecule has 23 heavy (non-hydrogen) atoms. The lowest BCUT2D eigenvalue weighted by Crippen LogP contribution is -2.22. The SMILES string of the molecule is Cc1ccccc1Oc1ccc(OCC(=O)OC(F)(F)Br)cc1. The molecule has 0 unspecified atom stereocenters. The van der Waals surface area contributed by atoms with Gasteiger partial charge in [-0.3, -0.25) is 0 Å². The van der Waals surface area contributed by atoms with Gasteiger partial charge >= 0.3 is 11.0 Å². The van der Waals surface area contributed by atoms with Gasteiger partial charge in [-0.25, -0.2) is 4.79 Å². The number of benzene rings is 2. The topological polar surface area (TPSA) is 44.8 Å². The molecule has 0 aliphatic rings. The minimum atomic E-state index is -3.70. The van der Waals surface area contributed by atoms with Gasteiger partial charge in [0.1, 0.15) is 17.2 Å². The molecule has 0 fully saturated rings. The summed E-state index contributed by atoms with van der Waals surface area (Å²) in [5.74, 6) is 0.453. The molecule has 4 nitrogen and oxygen atoms in total. The van der Waals surface area contributed by atoms with E-state index in [1.807, 2.05) is 47.1 Å². The number of hydrogen-bond donors (Lipinski definition) is 0. The second-order valence-corrected chi connectivity index (χ2v) is 5.47. The number of para-hydroxylation sites is 1. The van der Waals surface area contributed by atoms with E-state index in [4.69, 9.17) is 9.47 Å². The molecule has 0 heterocycles. The summed E-state index contributed by atoms with van der Waals surface area (Å²) < 4.78 is 39.3. The second-order valence-electron chi connectivity index (χ2n) is 4.55. The smallest absolute Gasteiger partial charge is 0.461 e. The number of hydrogen-bond acceptors (Lipinski definition) is 4. The molecule has 0 aliphatic heterocycles. The van der Waals surface area contributed by atoms with Crippen LogP contribution in [0.1, 0.15) is 5.56 Å². The molecule has 0 saturated carbocycles. The zero-order valence-electron chi connectivity index (χ0n) is 12.1. The van der Waals surface area contributed by atoms with Gasteiger partial charge in [0.25, 0.3) is 0 Å². The molecular weight excluding hydrogens is 374 g/mol. The maximum absolute atomic E-state index is 12.4. The molecule has 0 radical (unpaired) electrons. The summed E-state index contributed by atoms with van der Waals surface area (Å²) >= 11 is 1.90. The van der Waals surface area contributed by atoms with Crippen LogP contribution >= 0.6 is 15.9 Å². The quantitative estimate of drug-likeness (QED) is 0.535. The van der Waals surface area contributed by atoms with Gasteiger partial charge in [-0.15, -0.1) is 0 Å². The Hall–Kier alpha value is -2.15. The minimum Gasteiger partial charge on any atom is -0.482 e. The molecule has 0 amide bonds. The lowest BCUT2D eigenvalue weighted by molar-refractivity contribution is -0.188. The Labute approximate surface area is 140 Å². The summed E-state index contributed by atoms with van der Waals surface area (Å²) in [6, 6.07) is 14.0. The highest BCUT2D eigenvalue weighted by atomic mass is 79.9. The lowest BCUT2D eigenvalue weighted by atomic mass is 10.2. The molecule has 0 spiro atoms. The Morgan fingerprint density at radius 3 is 2.30 bits per heavy atom. The minimum absolute atomic E-state index is 0.331. The predicted molar refractivity (Wildman–Crippen MR) is 83.2 cm³/mol. The van der Waals surface area contributed by atoms with E-state index >= 15 is 0 Å². The number of ether oxygens (including phenoxy) is 3. The highest BCUT2D eigenvalue weighted by molar-refractivity contribution is 9.09. The molecule has 2 aromatic carbocycles. The van der Waals surface area contributed by atoms with Crippen LogP contribution in [-0.4, -0.2) is 17.6 Å². The molecule has 0 N–H and O–H groups in total. The first-order valence-electron chi connectivity index (χ1n) is 6.58. The normalized spacial score (nSPS) is 11.0. The van der Waals surface area contributed by atoms with Crippen molar-refractivity contribution >= 4 is 21.9 Å². The number of carbonyl (C=O) groups is 1. The van der Waals surface area contributed by atoms with E-state index in [0.717, 1.165) is 11.3 Å². The number of rotatable bonds is 6. The first-order valence-corrected chi connectivity index (χ1v) is 7.38. The van der Waals surface area contributed by atoms with Crippen LogP contribution in [0, 0.1) is 6.92 Å². The van der Waals surface area contributed by atoms with Crippen LogP contribution in [0.3, 0.4) is 0 Å². The summed E-state index contributed by atoms with van der Waals surface area (Å²) in [7, 11) is 0. The predicted octanol–water partition coefficient (Wildman–Crippen LogP) is 4.65. The fraction of sp³-hybridized carbons (Fsp3) is 0.188. The Morgan fingerprint density at radius 1 is 1.09 bits per heavy atom. The molecule has 0 aromatic heterocycles. The average molecular weight is 387 g/mol. The number of esters is 1. The third kappa shape index (κ3) is 5.86. The number of halogens is 3. The van der Waals surface area contributed by atoms with Crippen LogP contribution in [0.15, 0.2) is 48.5 Å². The molecule has 0 aliphatic carbocycles. The highest BCUT2D eigenvalue weighted by Crippen LogP contribution is 2.26. The van der Waals surface area contributed by atoms with Crippen molar-refractivity contribution in [2.75, 3.05) is 6.61 Å². The highest BCUT2D eigenvalue weighted by Gasteiger charge is 2.29. The Kier molecular flexibility index (Phi) is 5.54. The van der Waals surface area contributed by atoms with E-state index in [1.165, 1.54) is 0 Å². The monoisotopic (exact) mass is 386 g/mol. The molecule has 2 rings (SSSR count).